The molecule has 5 rings (SSSR count). The van der Waals surface area contributed by atoms with Crippen LogP contribution in [0, 0.1) is 11.8 Å². The summed E-state index contributed by atoms with van der Waals surface area (Å²) in [6.45, 7) is 0. The van der Waals surface area contributed by atoms with Crippen molar-refractivity contribution in [1.82, 2.24) is 20.9 Å². The number of hydrogen-bond donors (Lipinski definition) is 4. The smallest absolute Gasteiger partial charge is 0.328 e. The number of hydrogen-bond acceptors (Lipinski definition) is 5. The zero-order chi connectivity index (χ0) is 28.1. The summed E-state index contributed by atoms with van der Waals surface area (Å²) in [4.78, 5) is 55.8. The topological polar surface area (TPSA) is 129 Å². The van der Waals surface area contributed by atoms with E-state index in [1.807, 2.05) is 24.3 Å². The van der Waals surface area contributed by atoms with Gasteiger partial charge in [-0.3, -0.25) is 14.4 Å². The number of ether oxygens (including phenoxy) is 1. The molecule has 3 aliphatic rings. The highest BCUT2D eigenvalue weighted by molar-refractivity contribution is 6.00. The molecule has 3 amide bonds. The number of aromatic amines is 1. The van der Waals surface area contributed by atoms with Crippen LogP contribution in [0.15, 0.2) is 30.3 Å². The second kappa shape index (κ2) is 12.4. The molecule has 0 radical (unpaired) electrons. The molecule has 2 aliphatic carbocycles. The molecule has 216 valence electrons. The molecule has 3 atom stereocenters. The van der Waals surface area contributed by atoms with Gasteiger partial charge in [0.05, 0.1) is 7.11 Å². The van der Waals surface area contributed by atoms with Crippen LogP contribution >= 0.6 is 0 Å². The average Bonchev–Trinajstić information content (AvgIpc) is 3.53. The lowest BCUT2D eigenvalue weighted by molar-refractivity contribution is -0.146. The Kier molecular flexibility index (Phi) is 8.76. The van der Waals surface area contributed by atoms with E-state index in [2.05, 4.69) is 20.9 Å². The second-order valence-corrected chi connectivity index (χ2v) is 12.1. The van der Waals surface area contributed by atoms with Crippen LogP contribution in [0.2, 0.25) is 0 Å². The van der Waals surface area contributed by atoms with Crippen molar-refractivity contribution in [2.75, 3.05) is 7.11 Å². The number of methoxy groups -OCH3 is 1. The van der Waals surface area contributed by atoms with Crippen LogP contribution in [-0.2, 0) is 19.1 Å². The van der Waals surface area contributed by atoms with Crippen LogP contribution in [0.3, 0.4) is 0 Å². The third kappa shape index (κ3) is 6.50. The van der Waals surface area contributed by atoms with Gasteiger partial charge in [0, 0.05) is 22.4 Å². The van der Waals surface area contributed by atoms with Crippen LogP contribution in [-0.4, -0.2) is 53.4 Å². The van der Waals surface area contributed by atoms with E-state index in [0.29, 0.717) is 24.5 Å². The van der Waals surface area contributed by atoms with Crippen molar-refractivity contribution in [2.24, 2.45) is 11.8 Å². The molecule has 2 aromatic rings. The van der Waals surface area contributed by atoms with Gasteiger partial charge in [0.25, 0.3) is 5.91 Å². The molecule has 2 saturated carbocycles. The number of nitrogens with one attached hydrogen (secondary N) is 4. The molecule has 3 fully saturated rings. The van der Waals surface area contributed by atoms with Crippen LogP contribution < -0.4 is 16.0 Å². The third-order valence-electron chi connectivity index (χ3n) is 9.22. The minimum atomic E-state index is -0.967. The van der Waals surface area contributed by atoms with Crippen molar-refractivity contribution in [3.05, 3.63) is 36.0 Å². The monoisotopic (exact) mass is 550 g/mol. The van der Waals surface area contributed by atoms with Crippen LogP contribution in [0.1, 0.15) is 94.0 Å². The number of benzene rings is 1. The molecule has 1 aromatic heterocycles. The van der Waals surface area contributed by atoms with Gasteiger partial charge in [0.15, 0.2) is 0 Å². The molecule has 3 unspecified atom stereocenters. The van der Waals surface area contributed by atoms with Gasteiger partial charge < -0.3 is 25.7 Å². The van der Waals surface area contributed by atoms with Gasteiger partial charge in [-0.1, -0.05) is 69.6 Å². The molecule has 4 N–H and O–H groups in total. The van der Waals surface area contributed by atoms with Gasteiger partial charge in [0.2, 0.25) is 11.8 Å². The van der Waals surface area contributed by atoms with E-state index in [-0.39, 0.29) is 29.7 Å². The number of carbonyl (C=O) groups excluding carboxylic acids is 4. The van der Waals surface area contributed by atoms with Crippen molar-refractivity contribution in [1.29, 1.82) is 0 Å². The summed E-state index contributed by atoms with van der Waals surface area (Å²) in [5, 5.41) is 9.92. The Labute approximate surface area is 235 Å². The zero-order valence-corrected chi connectivity index (χ0v) is 23.4. The highest BCUT2D eigenvalue weighted by Gasteiger charge is 2.46. The van der Waals surface area contributed by atoms with Crippen molar-refractivity contribution in [3.8, 4) is 0 Å². The highest BCUT2D eigenvalue weighted by atomic mass is 16.5. The van der Waals surface area contributed by atoms with Crippen LogP contribution in [0.4, 0.5) is 0 Å². The van der Waals surface area contributed by atoms with Crippen molar-refractivity contribution in [3.63, 3.8) is 0 Å². The maximum Gasteiger partial charge on any atom is 0.328 e. The van der Waals surface area contributed by atoms with Gasteiger partial charge in [0.1, 0.15) is 17.8 Å². The SMILES string of the molecule is COC(=O)C(CC1CC2(CCCCC2)NC1=O)NC(=O)C(CC1CCCCC1)NC(=O)c1cc2ccccc2[nH]1. The minimum Gasteiger partial charge on any atom is -0.467 e. The molecule has 2 heterocycles. The summed E-state index contributed by atoms with van der Waals surface area (Å²) in [6.07, 6.45) is 12.0. The van der Waals surface area contributed by atoms with Gasteiger partial charge in [-0.25, -0.2) is 4.79 Å². The number of para-hydroxylation sites is 1. The molecule has 0 bridgehead atoms. The first-order chi connectivity index (χ1) is 19.4. The molecular weight excluding hydrogens is 508 g/mol. The standard InChI is InChI=1S/C31H42N4O5/c1-40-30(39)26(18-22-19-31(35-27(22)36)14-8-3-9-15-31)34-28(37)24(16-20-10-4-2-5-11-20)33-29(38)25-17-21-12-6-7-13-23(21)32-25/h6-7,12-13,17,20,22,24,26,32H,2-5,8-11,14-16,18-19H2,1H3,(H,33,38)(H,34,37)(H,35,36). The van der Waals surface area contributed by atoms with Crippen molar-refractivity contribution >= 4 is 34.6 Å². The van der Waals surface area contributed by atoms with Gasteiger partial charge >= 0.3 is 5.97 Å². The number of aromatic nitrogens is 1. The molecule has 1 aliphatic heterocycles. The van der Waals surface area contributed by atoms with E-state index in [1.54, 1.807) is 6.07 Å². The predicted octanol–water partition coefficient (Wildman–Crippen LogP) is 4.12. The lowest BCUT2D eigenvalue weighted by Crippen LogP contribution is -2.53. The normalized spacial score (nSPS) is 22.4. The number of esters is 1. The van der Waals surface area contributed by atoms with Gasteiger partial charge in [-0.15, -0.1) is 0 Å². The van der Waals surface area contributed by atoms with Crippen LogP contribution in [0.25, 0.3) is 10.9 Å². The van der Waals surface area contributed by atoms with Crippen LogP contribution in [0.5, 0.6) is 0 Å². The average molecular weight is 551 g/mol. The molecule has 40 heavy (non-hydrogen) atoms. The fourth-order valence-electron chi connectivity index (χ4n) is 7.06. The number of rotatable bonds is 9. The Balaban J connectivity index is 1.29. The van der Waals surface area contributed by atoms with E-state index in [9.17, 15) is 19.2 Å². The number of carbonyl (C=O) groups is 4. The first kappa shape index (κ1) is 28.2. The van der Waals surface area contributed by atoms with E-state index in [0.717, 1.165) is 62.3 Å². The molecular formula is C31H42N4O5. The van der Waals surface area contributed by atoms with Crippen molar-refractivity contribution < 1.29 is 23.9 Å². The minimum absolute atomic E-state index is 0.0593. The molecule has 1 spiro atoms. The lowest BCUT2D eigenvalue weighted by atomic mass is 9.78. The Morgan fingerprint density at radius 2 is 1.70 bits per heavy atom. The van der Waals surface area contributed by atoms with E-state index in [1.165, 1.54) is 20.0 Å². The summed E-state index contributed by atoms with van der Waals surface area (Å²) < 4.78 is 5.03. The van der Waals surface area contributed by atoms with Gasteiger partial charge in [-0.05, 0) is 50.2 Å². The quantitative estimate of drug-likeness (QED) is 0.349. The van der Waals surface area contributed by atoms with E-state index >= 15 is 0 Å². The molecule has 9 nitrogen and oxygen atoms in total. The Hall–Kier alpha value is -3.36. The maximum absolute atomic E-state index is 13.7. The number of fused-ring (bicyclic) bond motifs is 1. The predicted molar refractivity (Wildman–Crippen MR) is 151 cm³/mol. The fourth-order valence-corrected chi connectivity index (χ4v) is 7.06. The number of H-pyrrole nitrogens is 1. The number of amides is 3. The summed E-state index contributed by atoms with van der Waals surface area (Å²) >= 11 is 0. The lowest BCUT2D eigenvalue weighted by Gasteiger charge is -2.33. The third-order valence-corrected chi connectivity index (χ3v) is 9.22. The second-order valence-electron chi connectivity index (χ2n) is 12.1. The zero-order valence-electron chi connectivity index (χ0n) is 23.4. The first-order valence-electron chi connectivity index (χ1n) is 14.9. The highest BCUT2D eigenvalue weighted by Crippen LogP contribution is 2.39. The Bertz CT molecular complexity index is 1190. The summed E-state index contributed by atoms with van der Waals surface area (Å²) in [7, 11) is 1.29. The Morgan fingerprint density at radius 1 is 0.975 bits per heavy atom. The summed E-state index contributed by atoms with van der Waals surface area (Å²) in [5.74, 6) is -1.48. The summed E-state index contributed by atoms with van der Waals surface area (Å²) in [5.41, 5.74) is 1.03. The molecule has 1 aromatic carbocycles. The fraction of sp³-hybridized carbons (Fsp3) is 0.613. The Morgan fingerprint density at radius 3 is 2.42 bits per heavy atom. The van der Waals surface area contributed by atoms with E-state index in [4.69, 9.17) is 4.74 Å². The molecule has 9 heteroatoms. The van der Waals surface area contributed by atoms with Crippen molar-refractivity contribution in [2.45, 2.75) is 101 Å². The van der Waals surface area contributed by atoms with E-state index < -0.39 is 24.0 Å². The first-order valence-corrected chi connectivity index (χ1v) is 14.9. The van der Waals surface area contributed by atoms with Gasteiger partial charge in [-0.2, -0.15) is 0 Å². The summed E-state index contributed by atoms with van der Waals surface area (Å²) in [6, 6.07) is 7.62. The maximum atomic E-state index is 13.7. The largest absolute Gasteiger partial charge is 0.467 e. The molecule has 1 saturated heterocycles.